The van der Waals surface area contributed by atoms with E-state index in [-0.39, 0.29) is 172 Å². The summed E-state index contributed by atoms with van der Waals surface area (Å²) in [6, 6.07) is 9.46. The molecule has 1 saturated heterocycles. The van der Waals surface area contributed by atoms with E-state index in [9.17, 15) is 79.2 Å². The van der Waals surface area contributed by atoms with Crippen molar-refractivity contribution >= 4 is 107 Å². The largest absolute Gasteiger partial charge is 0.382 e. The molecule has 2 amide bonds. The highest BCUT2D eigenvalue weighted by Gasteiger charge is 2.50. The Bertz CT molecular complexity index is 4390. The molecule has 564 valence electrons. The average molecular weight is 1530 g/mol. The van der Waals surface area contributed by atoms with Gasteiger partial charge in [0.25, 0.3) is 62.4 Å². The fourth-order valence-corrected chi connectivity index (χ4v) is 15.2. The van der Waals surface area contributed by atoms with Crippen LogP contribution in [0, 0.1) is 0 Å². The molecule has 3 heterocycles. The molecule has 3 aliphatic heterocycles. The van der Waals surface area contributed by atoms with Crippen LogP contribution in [0.4, 0.5) is 11.4 Å². The van der Waals surface area contributed by atoms with Crippen LogP contribution < -0.4 is 4.90 Å². The van der Waals surface area contributed by atoms with Gasteiger partial charge in [-0.1, -0.05) is 36.4 Å². The molecule has 0 spiro atoms. The number of ether oxygens (including phenoxy) is 10. The van der Waals surface area contributed by atoms with Gasteiger partial charge < -0.3 is 57.1 Å². The third-order valence-electron chi connectivity index (χ3n) is 16.7. The van der Waals surface area contributed by atoms with Gasteiger partial charge in [-0.15, -0.1) is 5.06 Å². The van der Waals surface area contributed by atoms with Crippen molar-refractivity contribution < 1.29 is 136 Å². The summed E-state index contributed by atoms with van der Waals surface area (Å²) in [6.45, 7) is 7.42. The normalized spacial score (nSPS) is 18.1. The van der Waals surface area contributed by atoms with Gasteiger partial charge in [0.05, 0.1) is 133 Å². The molecule has 0 saturated carbocycles. The summed E-state index contributed by atoms with van der Waals surface area (Å²) in [7, 11) is -21.9. The van der Waals surface area contributed by atoms with Gasteiger partial charge in [-0.3, -0.25) is 32.4 Å². The highest BCUT2D eigenvalue weighted by Crippen LogP contribution is 2.54. The van der Waals surface area contributed by atoms with E-state index in [1.807, 2.05) is 16.4 Å². The first-order valence-corrected chi connectivity index (χ1v) is 39.5. The average Bonchev–Trinajstić information content (AvgIpc) is 1.61. The van der Waals surface area contributed by atoms with Crippen molar-refractivity contribution in [3.05, 3.63) is 108 Å². The molecule has 3 aliphatic rings. The summed E-state index contributed by atoms with van der Waals surface area (Å²) in [4.78, 5) is 38.7. The van der Waals surface area contributed by atoms with E-state index in [0.717, 1.165) is 12.1 Å². The van der Waals surface area contributed by atoms with Gasteiger partial charge in [-0.25, -0.2) is 4.79 Å². The van der Waals surface area contributed by atoms with Crippen LogP contribution in [0.2, 0.25) is 0 Å². The van der Waals surface area contributed by atoms with E-state index in [0.29, 0.717) is 70.9 Å². The monoisotopic (exact) mass is 1530 g/mol. The van der Waals surface area contributed by atoms with Crippen LogP contribution in [0.15, 0.2) is 116 Å². The summed E-state index contributed by atoms with van der Waals surface area (Å²) in [5, 5.41) is 0.381. The van der Waals surface area contributed by atoms with Gasteiger partial charge in [0.1, 0.15) is 16.4 Å². The molecule has 0 bridgehead atoms. The number of carbonyl (C=O) groups is 3. The first-order valence-electron chi connectivity index (χ1n) is 32.1. The van der Waals surface area contributed by atoms with Crippen molar-refractivity contribution in [2.24, 2.45) is 0 Å². The number of anilines is 1. The van der Waals surface area contributed by atoms with E-state index in [4.69, 9.17) is 52.2 Å². The zero-order valence-corrected chi connectivity index (χ0v) is 60.8. The van der Waals surface area contributed by atoms with E-state index in [1.165, 1.54) is 19.2 Å². The topological polar surface area (TPSA) is 434 Å². The fraction of sp³-hybridized carbons (Fsp3) is 0.508. The SMILES string of the molecule is COCCOCCOCCOCCC1(C)\C(=C/C=C/C=C/C=C/C2=[N+](CCOC)c3ccc4c(S(=O)(=O)O)cc(S(=O)(=O)O)cc4c3C2(C)CCCS(=O)(=O)O)N(CCOCCOCCOCCOCCOCCC(=O)ON2C(=O)CCC2=O)c2ccc3c(S(=O)(=O)O)cc(S(=O)(=O)O)cc3c21. The molecule has 2 atom stereocenters. The van der Waals surface area contributed by atoms with Gasteiger partial charge >= 0.3 is 5.97 Å². The number of hydrogen-bond acceptors (Lipinski definition) is 25. The number of carbonyl (C=O) groups excluding carboxylic acids is 3. The van der Waals surface area contributed by atoms with Gasteiger partial charge in [0.2, 0.25) is 5.69 Å². The van der Waals surface area contributed by atoms with Crippen molar-refractivity contribution in [1.82, 2.24) is 5.06 Å². The first-order chi connectivity index (χ1) is 48.3. The summed E-state index contributed by atoms with van der Waals surface area (Å²) in [5.74, 6) is -2.61. The molecule has 7 rings (SSSR count). The summed E-state index contributed by atoms with van der Waals surface area (Å²) in [6.07, 6.45) is 11.7. The maximum atomic E-state index is 13.0. The minimum absolute atomic E-state index is 0.00275. The van der Waals surface area contributed by atoms with E-state index in [1.54, 1.807) is 68.7 Å². The number of methoxy groups -OCH3 is 2. The van der Waals surface area contributed by atoms with Crippen LogP contribution in [0.3, 0.4) is 0 Å². The molecule has 4 aromatic rings. The van der Waals surface area contributed by atoms with Gasteiger partial charge in [-0.2, -0.15) is 46.7 Å². The number of hydrogen-bond donors (Lipinski definition) is 5. The molecular weight excluding hydrogens is 1450 g/mol. The molecule has 32 nitrogen and oxygen atoms in total. The number of hydroxylamine groups is 2. The van der Waals surface area contributed by atoms with Crippen LogP contribution in [-0.4, -0.2) is 250 Å². The van der Waals surface area contributed by atoms with Crippen molar-refractivity contribution in [3.8, 4) is 0 Å². The molecule has 5 N–H and O–H groups in total. The third-order valence-corrected chi connectivity index (χ3v) is 21.0. The van der Waals surface area contributed by atoms with Crippen LogP contribution in [0.25, 0.3) is 21.5 Å². The van der Waals surface area contributed by atoms with Crippen LogP contribution in [0.5, 0.6) is 0 Å². The number of allylic oxidation sites excluding steroid dienone is 8. The predicted octanol–water partition coefficient (Wildman–Crippen LogP) is 5.15. The number of amides is 2. The maximum Gasteiger partial charge on any atom is 0.335 e. The molecule has 0 radical (unpaired) electrons. The van der Waals surface area contributed by atoms with Crippen LogP contribution in [0.1, 0.15) is 63.5 Å². The minimum atomic E-state index is -5.12. The van der Waals surface area contributed by atoms with Crippen molar-refractivity contribution in [1.29, 1.82) is 0 Å². The first kappa shape index (κ1) is 82.9. The lowest BCUT2D eigenvalue weighted by atomic mass is 9.74. The zero-order chi connectivity index (χ0) is 74.5. The van der Waals surface area contributed by atoms with Gasteiger partial charge in [-0.05, 0) is 91.9 Å². The highest BCUT2D eigenvalue weighted by molar-refractivity contribution is 7.87. The van der Waals surface area contributed by atoms with E-state index in [2.05, 4.69) is 0 Å². The Balaban J connectivity index is 1.13. The Kier molecular flexibility index (Phi) is 30.5. The number of imide groups is 1. The second kappa shape index (κ2) is 37.5. The third kappa shape index (κ3) is 22.6. The Morgan fingerprint density at radius 1 is 0.510 bits per heavy atom. The molecule has 37 heteroatoms. The second-order valence-electron chi connectivity index (χ2n) is 23.7. The smallest absolute Gasteiger partial charge is 0.335 e. The number of fused-ring (bicyclic) bond motifs is 6. The van der Waals surface area contributed by atoms with Crippen molar-refractivity contribution in [2.75, 3.05) is 157 Å². The van der Waals surface area contributed by atoms with Crippen LogP contribution >= 0.6 is 0 Å². The van der Waals surface area contributed by atoms with Crippen LogP contribution in [-0.2, 0) is 128 Å². The molecule has 4 aromatic carbocycles. The number of rotatable bonds is 46. The fourth-order valence-electron chi connectivity index (χ4n) is 12.0. The summed E-state index contributed by atoms with van der Waals surface area (Å²) in [5.41, 5.74) is 0.255. The Morgan fingerprint density at radius 3 is 1.47 bits per heavy atom. The standard InChI is InChI=1S/C65H85N3O29S5/c1-64(20-10-42-98(72,73)74)57(66(22-26-87-3)53-15-13-49-51(62(53)64)43-47(99(75,76)77)45-55(49)101(81,82)83)11-8-6-5-7-9-12-58-65(2,21-25-90-31-34-94-37-36-92-29-28-88-4)63-52-44-48(100(78,79)80)46-56(102(84,85)86)50(52)14-16-54(63)67(58)23-27-91-32-35-95-39-41-96-40-38-93-33-30-89-24-19-61(71)97-68-59(69)17-18-60(68)70/h5-9,11-16,43-46H,10,17-42H2,1-4H3,(H4-,72,73,74,75,76,77,78,79,80,81,82,83,84,85,86)/p+1. The molecule has 2 unspecified atom stereocenters. The molecular formula is C65H86N3O29S5+. The van der Waals surface area contributed by atoms with Crippen molar-refractivity contribution in [3.63, 3.8) is 0 Å². The maximum absolute atomic E-state index is 13.0. The molecule has 0 aliphatic carbocycles. The lowest BCUT2D eigenvalue weighted by Gasteiger charge is -2.31. The Morgan fingerprint density at radius 2 is 0.971 bits per heavy atom. The zero-order valence-electron chi connectivity index (χ0n) is 56.7. The van der Waals surface area contributed by atoms with Crippen molar-refractivity contribution in [2.45, 2.75) is 82.8 Å². The lowest BCUT2D eigenvalue weighted by Crippen LogP contribution is -2.32. The number of benzene rings is 4. The Hall–Kier alpha value is -6.41. The number of nitrogens with zero attached hydrogens (tertiary/aromatic N) is 3. The van der Waals surface area contributed by atoms with E-state index >= 15 is 0 Å². The summed E-state index contributed by atoms with van der Waals surface area (Å²) < 4.78 is 236. The lowest BCUT2D eigenvalue weighted by molar-refractivity contribution is -0.441. The van der Waals surface area contributed by atoms with Gasteiger partial charge in [0.15, 0.2) is 12.3 Å². The minimum Gasteiger partial charge on any atom is -0.382 e. The summed E-state index contributed by atoms with van der Waals surface area (Å²) >= 11 is 0. The molecule has 0 aromatic heterocycles. The van der Waals surface area contributed by atoms with Gasteiger partial charge in [0, 0.05) is 85.5 Å². The second-order valence-corrected chi connectivity index (χ2v) is 30.9. The molecule has 102 heavy (non-hydrogen) atoms. The quantitative estimate of drug-likeness (QED) is 0.0126. The van der Waals surface area contributed by atoms with E-state index < -0.39 is 105 Å². The highest BCUT2D eigenvalue weighted by atomic mass is 32.2. The predicted molar refractivity (Wildman–Crippen MR) is 367 cm³/mol. The Labute approximate surface area is 592 Å². The molecule has 1 fully saturated rings.